The second kappa shape index (κ2) is 5.62. The van der Waals surface area contributed by atoms with Crippen LogP contribution in [0.25, 0.3) is 10.9 Å². The van der Waals surface area contributed by atoms with Crippen LogP contribution >= 0.6 is 0 Å². The molecule has 0 aliphatic carbocycles. The molecule has 0 aliphatic rings. The Bertz CT molecular complexity index is 941. The molecule has 4 heteroatoms. The van der Waals surface area contributed by atoms with Crippen LogP contribution in [0, 0.1) is 25.2 Å². The van der Waals surface area contributed by atoms with Gasteiger partial charge in [-0.15, -0.1) is 0 Å². The molecule has 0 aliphatic heterocycles. The van der Waals surface area contributed by atoms with E-state index >= 15 is 0 Å². The highest BCUT2D eigenvalue weighted by molar-refractivity contribution is 5.95. The van der Waals surface area contributed by atoms with E-state index in [1.165, 1.54) is 0 Å². The van der Waals surface area contributed by atoms with Crippen LogP contribution in [0.15, 0.2) is 42.5 Å². The first-order valence-electron chi connectivity index (χ1n) is 7.32. The van der Waals surface area contributed by atoms with Crippen LogP contribution < -0.4 is 0 Å². The van der Waals surface area contributed by atoms with E-state index < -0.39 is 5.97 Å². The Morgan fingerprint density at radius 3 is 2.43 bits per heavy atom. The molecule has 0 bridgehead atoms. The van der Waals surface area contributed by atoms with E-state index in [-0.39, 0.29) is 5.69 Å². The second-order valence-electron chi connectivity index (χ2n) is 5.80. The molecule has 0 radical (unpaired) electrons. The number of benzene rings is 2. The molecule has 0 amide bonds. The van der Waals surface area contributed by atoms with Crippen molar-refractivity contribution in [1.82, 2.24) is 4.57 Å². The molecule has 2 aromatic carbocycles. The van der Waals surface area contributed by atoms with Crippen molar-refractivity contribution in [3.63, 3.8) is 0 Å². The molecular formula is C19H16N2O2. The molecule has 1 heterocycles. The van der Waals surface area contributed by atoms with Crippen LogP contribution in [0.2, 0.25) is 0 Å². The van der Waals surface area contributed by atoms with E-state index in [2.05, 4.69) is 24.3 Å². The van der Waals surface area contributed by atoms with Crippen LogP contribution in [-0.2, 0) is 6.54 Å². The van der Waals surface area contributed by atoms with Crippen LogP contribution in [0.1, 0.15) is 32.7 Å². The van der Waals surface area contributed by atoms with Crippen molar-refractivity contribution >= 4 is 16.9 Å². The largest absolute Gasteiger partial charge is 0.477 e. The number of aromatic nitrogens is 1. The maximum Gasteiger partial charge on any atom is 0.352 e. The summed E-state index contributed by atoms with van der Waals surface area (Å²) in [6.45, 7) is 4.54. The summed E-state index contributed by atoms with van der Waals surface area (Å²) >= 11 is 0. The van der Waals surface area contributed by atoms with Gasteiger partial charge in [0.1, 0.15) is 5.69 Å². The minimum absolute atomic E-state index is 0.231. The zero-order valence-electron chi connectivity index (χ0n) is 13.0. The highest BCUT2D eigenvalue weighted by Crippen LogP contribution is 2.23. The van der Waals surface area contributed by atoms with Gasteiger partial charge in [0, 0.05) is 17.4 Å². The van der Waals surface area contributed by atoms with E-state index in [1.54, 1.807) is 22.8 Å². The number of nitriles is 1. The molecule has 3 rings (SSSR count). The summed E-state index contributed by atoms with van der Waals surface area (Å²) in [6, 6.07) is 15.2. The lowest BCUT2D eigenvalue weighted by molar-refractivity contribution is 0.0686. The summed E-state index contributed by atoms with van der Waals surface area (Å²) in [4.78, 5) is 11.6. The van der Waals surface area contributed by atoms with Gasteiger partial charge in [-0.2, -0.15) is 5.26 Å². The lowest BCUT2D eigenvalue weighted by Gasteiger charge is -2.10. The molecule has 3 aromatic rings. The summed E-state index contributed by atoms with van der Waals surface area (Å²) in [5.41, 5.74) is 4.94. The van der Waals surface area contributed by atoms with Crippen molar-refractivity contribution in [2.45, 2.75) is 20.4 Å². The Hall–Kier alpha value is -3.06. The molecule has 0 unspecified atom stereocenters. The Kier molecular flexibility index (Phi) is 3.63. The van der Waals surface area contributed by atoms with Crippen molar-refractivity contribution < 1.29 is 9.90 Å². The first kappa shape index (κ1) is 14.9. The number of nitrogens with zero attached hydrogens (tertiary/aromatic N) is 2. The van der Waals surface area contributed by atoms with Gasteiger partial charge >= 0.3 is 5.97 Å². The molecule has 0 saturated heterocycles. The van der Waals surface area contributed by atoms with E-state index in [0.717, 1.165) is 27.6 Å². The van der Waals surface area contributed by atoms with Crippen LogP contribution in [0.3, 0.4) is 0 Å². The molecule has 1 N–H and O–H groups in total. The van der Waals surface area contributed by atoms with Crippen LogP contribution in [-0.4, -0.2) is 15.6 Å². The van der Waals surface area contributed by atoms with Gasteiger partial charge in [0.25, 0.3) is 0 Å². The van der Waals surface area contributed by atoms with Gasteiger partial charge in [-0.05, 0) is 43.7 Å². The zero-order valence-corrected chi connectivity index (χ0v) is 13.0. The fraction of sp³-hybridized carbons (Fsp3) is 0.158. The topological polar surface area (TPSA) is 66.0 Å². The van der Waals surface area contributed by atoms with E-state index in [0.29, 0.717) is 12.1 Å². The fourth-order valence-corrected chi connectivity index (χ4v) is 3.03. The van der Waals surface area contributed by atoms with Crippen LogP contribution in [0.4, 0.5) is 0 Å². The molecular weight excluding hydrogens is 288 g/mol. The van der Waals surface area contributed by atoms with Gasteiger partial charge in [-0.1, -0.05) is 29.3 Å². The SMILES string of the molecule is Cc1cc(C)cc(Cn2c(C(=O)O)cc3cc(C#N)ccc32)c1. The number of hydrogen-bond acceptors (Lipinski definition) is 2. The van der Waals surface area contributed by atoms with Gasteiger partial charge in [0.2, 0.25) is 0 Å². The number of aromatic carboxylic acids is 1. The third-order valence-electron chi connectivity index (χ3n) is 3.87. The second-order valence-corrected chi connectivity index (χ2v) is 5.80. The highest BCUT2D eigenvalue weighted by atomic mass is 16.4. The van der Waals surface area contributed by atoms with Gasteiger partial charge in [0.15, 0.2) is 0 Å². The number of hydrogen-bond donors (Lipinski definition) is 1. The number of carboxylic acid groups (broad SMARTS) is 1. The average molecular weight is 304 g/mol. The standard InChI is InChI=1S/C19H16N2O2/c1-12-5-13(2)7-15(6-12)11-21-17-4-3-14(10-20)8-16(17)9-18(21)19(22)23/h3-9H,11H2,1-2H3,(H,22,23). The molecule has 114 valence electrons. The lowest BCUT2D eigenvalue weighted by atomic mass is 10.1. The highest BCUT2D eigenvalue weighted by Gasteiger charge is 2.15. The predicted molar refractivity (Wildman–Crippen MR) is 88.6 cm³/mol. The van der Waals surface area contributed by atoms with Gasteiger partial charge < -0.3 is 9.67 Å². The molecule has 0 atom stereocenters. The zero-order chi connectivity index (χ0) is 16.6. The van der Waals surface area contributed by atoms with Gasteiger partial charge in [-0.3, -0.25) is 0 Å². The number of carboxylic acids is 1. The Morgan fingerprint density at radius 1 is 1.13 bits per heavy atom. The first-order chi connectivity index (χ1) is 11.0. The van der Waals surface area contributed by atoms with Crippen molar-refractivity contribution in [2.75, 3.05) is 0 Å². The molecule has 0 spiro atoms. The third-order valence-corrected chi connectivity index (χ3v) is 3.87. The van der Waals surface area contributed by atoms with Gasteiger partial charge in [0.05, 0.1) is 11.6 Å². The summed E-state index contributed by atoms with van der Waals surface area (Å²) < 4.78 is 1.78. The molecule has 4 nitrogen and oxygen atoms in total. The first-order valence-corrected chi connectivity index (χ1v) is 7.32. The third kappa shape index (κ3) is 2.82. The van der Waals surface area contributed by atoms with E-state index in [1.807, 2.05) is 19.9 Å². The maximum atomic E-state index is 11.6. The number of aryl methyl sites for hydroxylation is 2. The minimum atomic E-state index is -0.968. The normalized spacial score (nSPS) is 10.7. The van der Waals surface area contributed by atoms with Crippen molar-refractivity contribution in [3.05, 3.63) is 70.4 Å². The molecule has 0 saturated carbocycles. The number of rotatable bonds is 3. The van der Waals surface area contributed by atoms with Crippen molar-refractivity contribution in [1.29, 1.82) is 5.26 Å². The number of carbonyl (C=O) groups is 1. The summed E-state index contributed by atoms with van der Waals surface area (Å²) in [7, 11) is 0. The number of fused-ring (bicyclic) bond motifs is 1. The smallest absolute Gasteiger partial charge is 0.352 e. The van der Waals surface area contributed by atoms with Crippen molar-refractivity contribution in [2.24, 2.45) is 0 Å². The molecule has 0 fully saturated rings. The monoisotopic (exact) mass is 304 g/mol. The summed E-state index contributed by atoms with van der Waals surface area (Å²) in [6.07, 6.45) is 0. The predicted octanol–water partition coefficient (Wildman–Crippen LogP) is 3.88. The lowest BCUT2D eigenvalue weighted by Crippen LogP contribution is -2.09. The minimum Gasteiger partial charge on any atom is -0.477 e. The quantitative estimate of drug-likeness (QED) is 0.798. The fourth-order valence-electron chi connectivity index (χ4n) is 3.03. The summed E-state index contributed by atoms with van der Waals surface area (Å²) in [5, 5.41) is 19.3. The van der Waals surface area contributed by atoms with E-state index in [9.17, 15) is 9.90 Å². The van der Waals surface area contributed by atoms with E-state index in [4.69, 9.17) is 5.26 Å². The Balaban J connectivity index is 2.16. The molecule has 23 heavy (non-hydrogen) atoms. The van der Waals surface area contributed by atoms with Crippen LogP contribution in [0.5, 0.6) is 0 Å². The van der Waals surface area contributed by atoms with Crippen molar-refractivity contribution in [3.8, 4) is 6.07 Å². The summed E-state index contributed by atoms with van der Waals surface area (Å²) in [5.74, 6) is -0.968. The maximum absolute atomic E-state index is 11.6. The Morgan fingerprint density at radius 2 is 1.83 bits per heavy atom. The average Bonchev–Trinajstić information content (AvgIpc) is 2.84. The Labute approximate surface area is 134 Å². The van der Waals surface area contributed by atoms with Gasteiger partial charge in [-0.25, -0.2) is 4.79 Å². The molecule has 1 aromatic heterocycles.